The largest absolute Gasteiger partial charge is 0.494 e. The van der Waals surface area contributed by atoms with E-state index in [1.54, 1.807) is 0 Å². The number of amides is 1. The van der Waals surface area contributed by atoms with E-state index in [1.807, 2.05) is 0 Å². The van der Waals surface area contributed by atoms with E-state index in [1.165, 1.54) is 25.3 Å². The summed E-state index contributed by atoms with van der Waals surface area (Å²) < 4.78 is 18.2. The molecule has 0 bridgehead atoms. The molecule has 0 aliphatic heterocycles. The zero-order valence-corrected chi connectivity index (χ0v) is 12.3. The van der Waals surface area contributed by atoms with Gasteiger partial charge < -0.3 is 10.1 Å². The Kier molecular flexibility index (Phi) is 4.86. The van der Waals surface area contributed by atoms with Gasteiger partial charge in [0.15, 0.2) is 11.6 Å². The van der Waals surface area contributed by atoms with E-state index in [4.69, 9.17) is 16.3 Å². The van der Waals surface area contributed by atoms with Crippen molar-refractivity contribution >= 4 is 17.5 Å². The Morgan fingerprint density at radius 2 is 2.15 bits per heavy atom. The van der Waals surface area contributed by atoms with Crippen molar-refractivity contribution in [2.45, 2.75) is 25.7 Å². The summed E-state index contributed by atoms with van der Waals surface area (Å²) in [5.41, 5.74) is 0.410. The average Bonchev–Trinajstić information content (AvgIpc) is 2.95. The summed E-state index contributed by atoms with van der Waals surface area (Å²) in [6.45, 7) is 0.565. The molecule has 1 aromatic rings. The molecular weight excluding hydrogens is 281 g/mol. The minimum Gasteiger partial charge on any atom is -0.494 e. The summed E-state index contributed by atoms with van der Waals surface area (Å²) in [7, 11) is 1.38. The van der Waals surface area contributed by atoms with Crippen LogP contribution in [0.25, 0.3) is 0 Å². The number of nitrogens with one attached hydrogen (secondary N) is 1. The van der Waals surface area contributed by atoms with Gasteiger partial charge in [0, 0.05) is 23.4 Å². The minimum absolute atomic E-state index is 0.0152. The Morgan fingerprint density at radius 3 is 2.75 bits per heavy atom. The number of halogens is 2. The number of carbonyl (C=O) groups excluding carboxylic acids is 1. The van der Waals surface area contributed by atoms with Crippen LogP contribution in [0.1, 0.15) is 36.0 Å². The lowest BCUT2D eigenvalue weighted by Crippen LogP contribution is -2.37. The lowest BCUT2D eigenvalue weighted by Gasteiger charge is -2.26. The molecule has 0 saturated heterocycles. The van der Waals surface area contributed by atoms with E-state index in [9.17, 15) is 9.18 Å². The van der Waals surface area contributed by atoms with E-state index in [0.29, 0.717) is 18.0 Å². The van der Waals surface area contributed by atoms with E-state index in [0.717, 1.165) is 25.7 Å². The van der Waals surface area contributed by atoms with Gasteiger partial charge in [-0.1, -0.05) is 12.8 Å². The first-order valence-corrected chi connectivity index (χ1v) is 7.31. The number of hydrogen-bond donors (Lipinski definition) is 1. The summed E-state index contributed by atoms with van der Waals surface area (Å²) in [6, 6.07) is 4.10. The summed E-state index contributed by atoms with van der Waals surface area (Å²) in [5, 5.41) is 2.90. The average molecular weight is 300 g/mol. The van der Waals surface area contributed by atoms with Crippen LogP contribution in [0.3, 0.4) is 0 Å². The zero-order chi connectivity index (χ0) is 14.6. The number of alkyl halides is 1. The molecule has 0 unspecified atom stereocenters. The second-order valence-electron chi connectivity index (χ2n) is 5.37. The molecule has 0 spiro atoms. The van der Waals surface area contributed by atoms with Gasteiger partial charge in [-0.05, 0) is 31.0 Å². The first-order valence-electron chi connectivity index (χ1n) is 6.78. The number of rotatable bonds is 5. The molecule has 110 valence electrons. The van der Waals surface area contributed by atoms with Gasteiger partial charge in [0.2, 0.25) is 0 Å². The SMILES string of the molecule is COc1cc(C(=O)NCC2(CCl)CCCC2)ccc1F. The third-order valence-electron chi connectivity index (χ3n) is 3.98. The number of hydrogen-bond acceptors (Lipinski definition) is 2. The van der Waals surface area contributed by atoms with Gasteiger partial charge in [0.25, 0.3) is 5.91 Å². The molecule has 2 rings (SSSR count). The highest BCUT2D eigenvalue weighted by Gasteiger charge is 2.33. The van der Waals surface area contributed by atoms with Gasteiger partial charge in [-0.25, -0.2) is 4.39 Å². The fourth-order valence-electron chi connectivity index (χ4n) is 2.65. The predicted octanol–water partition coefficient (Wildman–Crippen LogP) is 3.36. The summed E-state index contributed by atoms with van der Waals surface area (Å²) in [6.07, 6.45) is 4.41. The van der Waals surface area contributed by atoms with E-state index >= 15 is 0 Å². The fourth-order valence-corrected chi connectivity index (χ4v) is 3.02. The quantitative estimate of drug-likeness (QED) is 0.847. The maximum Gasteiger partial charge on any atom is 0.251 e. The Bertz CT molecular complexity index is 487. The Balaban J connectivity index is 2.01. The van der Waals surface area contributed by atoms with Crippen LogP contribution in [-0.2, 0) is 0 Å². The van der Waals surface area contributed by atoms with Crippen molar-refractivity contribution in [3.8, 4) is 5.75 Å². The highest BCUT2D eigenvalue weighted by Crippen LogP contribution is 2.38. The molecule has 1 aliphatic rings. The predicted molar refractivity (Wildman–Crippen MR) is 76.9 cm³/mol. The standard InChI is InChI=1S/C15H19ClFNO2/c1-20-13-8-11(4-5-12(13)17)14(19)18-10-15(9-16)6-2-3-7-15/h4-5,8H,2-3,6-7,9-10H2,1H3,(H,18,19). The number of benzene rings is 1. The Labute approximate surface area is 123 Å². The van der Waals surface area contributed by atoms with Crippen LogP contribution in [0.15, 0.2) is 18.2 Å². The normalized spacial score (nSPS) is 16.9. The molecule has 1 saturated carbocycles. The zero-order valence-electron chi connectivity index (χ0n) is 11.5. The highest BCUT2D eigenvalue weighted by atomic mass is 35.5. The summed E-state index contributed by atoms with van der Waals surface area (Å²) >= 11 is 6.04. The van der Waals surface area contributed by atoms with Crippen LogP contribution in [0.4, 0.5) is 4.39 Å². The van der Waals surface area contributed by atoms with Crippen molar-refractivity contribution in [2.75, 3.05) is 19.5 Å². The molecule has 1 aromatic carbocycles. The first kappa shape index (κ1) is 15.1. The first-order chi connectivity index (χ1) is 9.60. The fraction of sp³-hybridized carbons (Fsp3) is 0.533. The van der Waals surface area contributed by atoms with Crippen LogP contribution < -0.4 is 10.1 Å². The van der Waals surface area contributed by atoms with Crippen molar-refractivity contribution in [3.05, 3.63) is 29.6 Å². The molecule has 0 radical (unpaired) electrons. The van der Waals surface area contributed by atoms with E-state index < -0.39 is 5.82 Å². The second kappa shape index (κ2) is 6.44. The number of carbonyl (C=O) groups is 1. The molecule has 1 N–H and O–H groups in total. The molecule has 5 heteroatoms. The van der Waals surface area contributed by atoms with Crippen molar-refractivity contribution in [2.24, 2.45) is 5.41 Å². The van der Waals surface area contributed by atoms with Gasteiger partial charge in [-0.2, -0.15) is 0 Å². The smallest absolute Gasteiger partial charge is 0.251 e. The van der Waals surface area contributed by atoms with Crippen molar-refractivity contribution in [1.29, 1.82) is 0 Å². The van der Waals surface area contributed by atoms with Crippen LogP contribution in [0.5, 0.6) is 5.75 Å². The lowest BCUT2D eigenvalue weighted by atomic mass is 9.88. The third kappa shape index (κ3) is 3.23. The molecule has 0 aromatic heterocycles. The van der Waals surface area contributed by atoms with Crippen LogP contribution in [0, 0.1) is 11.2 Å². The molecule has 0 atom stereocenters. The Hall–Kier alpha value is -1.29. The number of ether oxygens (including phenoxy) is 1. The Morgan fingerprint density at radius 1 is 1.45 bits per heavy atom. The lowest BCUT2D eigenvalue weighted by molar-refractivity contribution is 0.0934. The summed E-state index contributed by atoms with van der Waals surface area (Å²) in [4.78, 5) is 12.1. The minimum atomic E-state index is -0.475. The topological polar surface area (TPSA) is 38.3 Å². The van der Waals surface area contributed by atoms with Gasteiger partial charge in [0.05, 0.1) is 7.11 Å². The second-order valence-corrected chi connectivity index (χ2v) is 5.64. The van der Waals surface area contributed by atoms with Gasteiger partial charge in [-0.15, -0.1) is 11.6 Å². The van der Waals surface area contributed by atoms with E-state index in [2.05, 4.69) is 5.32 Å². The molecule has 1 aliphatic carbocycles. The molecule has 0 heterocycles. The third-order valence-corrected chi connectivity index (χ3v) is 4.55. The van der Waals surface area contributed by atoms with Crippen molar-refractivity contribution in [1.82, 2.24) is 5.32 Å². The monoisotopic (exact) mass is 299 g/mol. The van der Waals surface area contributed by atoms with E-state index in [-0.39, 0.29) is 17.1 Å². The van der Waals surface area contributed by atoms with Gasteiger partial charge >= 0.3 is 0 Å². The van der Waals surface area contributed by atoms with Crippen LogP contribution in [-0.4, -0.2) is 25.4 Å². The maximum absolute atomic E-state index is 13.3. The maximum atomic E-state index is 13.3. The summed E-state index contributed by atoms with van der Waals surface area (Å²) in [5.74, 6) is -0.0673. The molecule has 20 heavy (non-hydrogen) atoms. The van der Waals surface area contributed by atoms with Crippen LogP contribution in [0.2, 0.25) is 0 Å². The van der Waals surface area contributed by atoms with Crippen LogP contribution >= 0.6 is 11.6 Å². The molecular formula is C15H19ClFNO2. The van der Waals surface area contributed by atoms with Gasteiger partial charge in [-0.3, -0.25) is 4.79 Å². The molecule has 1 fully saturated rings. The van der Waals surface area contributed by atoms with Crippen molar-refractivity contribution in [3.63, 3.8) is 0 Å². The molecule has 1 amide bonds. The number of methoxy groups -OCH3 is 1. The molecule has 3 nitrogen and oxygen atoms in total. The highest BCUT2D eigenvalue weighted by molar-refractivity contribution is 6.18. The van der Waals surface area contributed by atoms with Gasteiger partial charge in [0.1, 0.15) is 0 Å². The van der Waals surface area contributed by atoms with Crippen molar-refractivity contribution < 1.29 is 13.9 Å².